The number of hydrogen-bond donors (Lipinski definition) is 0. The average Bonchev–Trinajstić information content (AvgIpc) is 3.77. The van der Waals surface area contributed by atoms with Crippen molar-refractivity contribution in [2.45, 2.75) is 31.0 Å². The summed E-state index contributed by atoms with van der Waals surface area (Å²) in [5, 5.41) is 11.4. The number of ether oxygens (including phenoxy) is 1. The van der Waals surface area contributed by atoms with Gasteiger partial charge in [-0.2, -0.15) is 5.10 Å². The predicted molar refractivity (Wildman–Crippen MR) is 178 cm³/mol. The van der Waals surface area contributed by atoms with Crippen LogP contribution in [-0.4, -0.2) is 31.2 Å². The highest BCUT2D eigenvalue weighted by atomic mass is 16.5. The molecule has 6 nitrogen and oxygen atoms in total. The Hall–Kier alpha value is -5.33. The summed E-state index contributed by atoms with van der Waals surface area (Å²) in [7, 11) is 0. The zero-order valence-corrected chi connectivity index (χ0v) is 24.9. The maximum absolute atomic E-state index is 6.18. The van der Waals surface area contributed by atoms with E-state index in [4.69, 9.17) is 19.9 Å². The minimum Gasteiger partial charge on any atom is -0.356 e. The number of fused-ring (bicyclic) bond motifs is 1. The summed E-state index contributed by atoms with van der Waals surface area (Å²) in [4.78, 5) is 4.93. The molecule has 7 aromatic rings. The molecular weight excluding hydrogens is 554 g/mol. The van der Waals surface area contributed by atoms with Gasteiger partial charge < -0.3 is 4.74 Å². The summed E-state index contributed by atoms with van der Waals surface area (Å²) in [6, 6.07) is 48.5. The summed E-state index contributed by atoms with van der Waals surface area (Å²) in [5.74, 6) is 0.657. The lowest BCUT2D eigenvalue weighted by atomic mass is 9.77. The molecule has 3 heterocycles. The van der Waals surface area contributed by atoms with Crippen molar-refractivity contribution in [1.29, 1.82) is 0 Å². The fourth-order valence-corrected chi connectivity index (χ4v) is 6.72. The van der Waals surface area contributed by atoms with E-state index >= 15 is 0 Å². The molecule has 8 rings (SSSR count). The van der Waals surface area contributed by atoms with Crippen molar-refractivity contribution in [3.63, 3.8) is 0 Å². The highest BCUT2D eigenvalue weighted by Crippen LogP contribution is 2.41. The quantitative estimate of drug-likeness (QED) is 0.176. The lowest BCUT2D eigenvalue weighted by molar-refractivity contribution is -0.0365. The van der Waals surface area contributed by atoms with Gasteiger partial charge in [0.25, 0.3) is 0 Å². The molecule has 0 spiro atoms. The van der Waals surface area contributed by atoms with Crippen LogP contribution in [0.4, 0.5) is 0 Å². The lowest BCUT2D eigenvalue weighted by Crippen LogP contribution is -2.38. The normalized spacial score (nSPS) is 15.3. The van der Waals surface area contributed by atoms with Crippen LogP contribution >= 0.6 is 0 Å². The van der Waals surface area contributed by atoms with E-state index in [0.717, 1.165) is 70.3 Å². The van der Waals surface area contributed by atoms with Crippen molar-refractivity contribution in [2.24, 2.45) is 0 Å². The summed E-state index contributed by atoms with van der Waals surface area (Å²) >= 11 is 0. The second kappa shape index (κ2) is 11.6. The van der Waals surface area contributed by atoms with Crippen LogP contribution in [0.1, 0.15) is 42.2 Å². The Balaban J connectivity index is 1.31. The van der Waals surface area contributed by atoms with Gasteiger partial charge in [-0.05, 0) is 54.2 Å². The van der Waals surface area contributed by atoms with Crippen LogP contribution < -0.4 is 0 Å². The number of benzene rings is 5. The lowest BCUT2D eigenvalue weighted by Gasteiger charge is -2.35. The Morgan fingerprint density at radius 1 is 0.622 bits per heavy atom. The molecule has 6 heteroatoms. The molecule has 0 aliphatic carbocycles. The highest BCUT2D eigenvalue weighted by molar-refractivity contribution is 5.95. The zero-order valence-electron chi connectivity index (χ0n) is 24.9. The largest absolute Gasteiger partial charge is 0.356 e. The SMILES string of the molecule is c1ccc(-c2nn(C3CCCCO3)c3ccc(-c4ncn(C(c5ccccc5)(c5ccccc5)c5ccccc5)n4)cc23)cc1. The molecule has 0 radical (unpaired) electrons. The van der Waals surface area contributed by atoms with Gasteiger partial charge in [-0.3, -0.25) is 0 Å². The van der Waals surface area contributed by atoms with E-state index in [1.807, 2.05) is 17.1 Å². The molecule has 5 aromatic carbocycles. The minimum atomic E-state index is -0.725. The van der Waals surface area contributed by atoms with Crippen molar-refractivity contribution in [2.75, 3.05) is 6.61 Å². The van der Waals surface area contributed by atoms with E-state index in [1.54, 1.807) is 0 Å². The van der Waals surface area contributed by atoms with E-state index in [-0.39, 0.29) is 6.23 Å². The molecule has 1 fully saturated rings. The standard InChI is InChI=1S/C39H33N5O/c1-5-15-29(16-6-1)37-34-27-30(24-25-35(34)44(41-37)36-23-13-14-26-45-36)38-40-28-43(42-38)39(31-17-7-2-8-18-31,32-19-9-3-10-20-32)33-21-11-4-12-22-33/h1-12,15-22,24-25,27-28,36H,13-14,23,26H2. The molecule has 0 amide bonds. The van der Waals surface area contributed by atoms with E-state index < -0.39 is 5.54 Å². The van der Waals surface area contributed by atoms with Crippen LogP contribution in [0, 0.1) is 0 Å². The van der Waals surface area contributed by atoms with Gasteiger partial charge in [0.15, 0.2) is 12.1 Å². The highest BCUT2D eigenvalue weighted by Gasteiger charge is 2.39. The third-order valence-electron chi connectivity index (χ3n) is 8.85. The summed E-state index contributed by atoms with van der Waals surface area (Å²) < 4.78 is 10.3. The second-order valence-electron chi connectivity index (χ2n) is 11.5. The van der Waals surface area contributed by atoms with Crippen LogP contribution in [0.25, 0.3) is 33.5 Å². The van der Waals surface area contributed by atoms with E-state index in [9.17, 15) is 0 Å². The van der Waals surface area contributed by atoms with Gasteiger partial charge in [-0.25, -0.2) is 14.3 Å². The first-order chi connectivity index (χ1) is 22.3. The molecule has 1 aliphatic rings. The molecule has 1 unspecified atom stereocenters. The molecule has 2 aromatic heterocycles. The maximum atomic E-state index is 6.18. The van der Waals surface area contributed by atoms with Crippen LogP contribution in [0.3, 0.4) is 0 Å². The molecular formula is C39H33N5O. The predicted octanol–water partition coefficient (Wildman–Crippen LogP) is 8.50. The zero-order chi connectivity index (χ0) is 30.1. The van der Waals surface area contributed by atoms with E-state index in [0.29, 0.717) is 5.82 Å². The van der Waals surface area contributed by atoms with Crippen molar-refractivity contribution >= 4 is 10.9 Å². The fraction of sp³-hybridized carbons (Fsp3) is 0.154. The van der Waals surface area contributed by atoms with Gasteiger partial charge in [-0.15, -0.1) is 5.10 Å². The van der Waals surface area contributed by atoms with Crippen LogP contribution in [0.5, 0.6) is 0 Å². The van der Waals surface area contributed by atoms with Gasteiger partial charge in [0.05, 0.1) is 5.52 Å². The molecule has 220 valence electrons. The summed E-state index contributed by atoms with van der Waals surface area (Å²) in [5.41, 5.74) is 6.59. The fourth-order valence-electron chi connectivity index (χ4n) is 6.72. The van der Waals surface area contributed by atoms with E-state index in [2.05, 4.69) is 138 Å². The molecule has 0 N–H and O–H groups in total. The van der Waals surface area contributed by atoms with Crippen LogP contribution in [-0.2, 0) is 10.3 Å². The first-order valence-electron chi connectivity index (χ1n) is 15.6. The average molecular weight is 588 g/mol. The Kier molecular flexibility index (Phi) is 7.04. The van der Waals surface area contributed by atoms with Crippen molar-refractivity contribution < 1.29 is 4.74 Å². The van der Waals surface area contributed by atoms with Gasteiger partial charge in [0, 0.05) is 23.1 Å². The van der Waals surface area contributed by atoms with E-state index in [1.165, 1.54) is 0 Å². The molecule has 45 heavy (non-hydrogen) atoms. The van der Waals surface area contributed by atoms with Gasteiger partial charge in [0.2, 0.25) is 0 Å². The topological polar surface area (TPSA) is 57.8 Å². The first-order valence-corrected chi connectivity index (χ1v) is 15.6. The third kappa shape index (κ3) is 4.75. The van der Waals surface area contributed by atoms with Gasteiger partial charge >= 0.3 is 0 Å². The number of nitrogens with zero attached hydrogens (tertiary/aromatic N) is 5. The second-order valence-corrected chi connectivity index (χ2v) is 11.5. The summed E-state index contributed by atoms with van der Waals surface area (Å²) in [6.07, 6.45) is 4.99. The molecule has 1 saturated heterocycles. The number of hydrogen-bond acceptors (Lipinski definition) is 4. The Morgan fingerprint density at radius 2 is 1.22 bits per heavy atom. The molecule has 0 saturated carbocycles. The van der Waals surface area contributed by atoms with Gasteiger partial charge in [0.1, 0.15) is 17.6 Å². The number of rotatable bonds is 7. The Morgan fingerprint density at radius 3 is 1.80 bits per heavy atom. The van der Waals surface area contributed by atoms with Crippen LogP contribution in [0.15, 0.2) is 146 Å². The number of aromatic nitrogens is 5. The van der Waals surface area contributed by atoms with Crippen molar-refractivity contribution in [1.82, 2.24) is 24.5 Å². The maximum Gasteiger partial charge on any atom is 0.181 e. The first kappa shape index (κ1) is 27.2. The molecule has 1 atom stereocenters. The summed E-state index contributed by atoms with van der Waals surface area (Å²) in [6.45, 7) is 0.762. The molecule has 0 bridgehead atoms. The third-order valence-corrected chi connectivity index (χ3v) is 8.85. The monoisotopic (exact) mass is 587 g/mol. The van der Waals surface area contributed by atoms with Crippen molar-refractivity contribution in [3.8, 4) is 22.6 Å². The van der Waals surface area contributed by atoms with Crippen LogP contribution in [0.2, 0.25) is 0 Å². The minimum absolute atomic E-state index is 0.0647. The Labute approximate surface area is 262 Å². The Bertz CT molecular complexity index is 1930. The van der Waals surface area contributed by atoms with Gasteiger partial charge in [-0.1, -0.05) is 121 Å². The molecule has 1 aliphatic heterocycles. The van der Waals surface area contributed by atoms with Crippen molar-refractivity contribution in [3.05, 3.63) is 163 Å². The smallest absolute Gasteiger partial charge is 0.181 e.